The summed E-state index contributed by atoms with van der Waals surface area (Å²) in [5, 5.41) is 11.5. The molecule has 3 aliphatic heterocycles. The van der Waals surface area contributed by atoms with E-state index in [2.05, 4.69) is 4.90 Å². The molecule has 36 heavy (non-hydrogen) atoms. The Bertz CT molecular complexity index is 1070. The van der Waals surface area contributed by atoms with Crippen molar-refractivity contribution in [2.45, 2.75) is 57.2 Å². The second-order valence-electron chi connectivity index (χ2n) is 10.7. The van der Waals surface area contributed by atoms with Crippen LogP contribution in [0.4, 0.5) is 4.39 Å². The Morgan fingerprint density at radius 2 is 1.78 bits per heavy atom. The maximum Gasteiger partial charge on any atom is 0.236 e. The van der Waals surface area contributed by atoms with E-state index in [1.165, 1.54) is 18.6 Å². The molecule has 3 heterocycles. The molecule has 0 aromatic heterocycles. The topological polar surface area (TPSA) is 64.1 Å². The summed E-state index contributed by atoms with van der Waals surface area (Å²) < 4.78 is 14.0. The van der Waals surface area contributed by atoms with E-state index in [0.29, 0.717) is 31.5 Å². The molecule has 2 aromatic rings. The highest BCUT2D eigenvalue weighted by molar-refractivity contribution is 5.85. The van der Waals surface area contributed by atoms with Gasteiger partial charge in [-0.15, -0.1) is 0 Å². The van der Waals surface area contributed by atoms with Crippen molar-refractivity contribution in [2.24, 2.45) is 5.41 Å². The molecule has 3 fully saturated rings. The molecular weight excluding hydrogens is 457 g/mol. The lowest BCUT2D eigenvalue weighted by atomic mass is 9.69. The predicted octanol–water partition coefficient (Wildman–Crippen LogP) is 3.75. The summed E-state index contributed by atoms with van der Waals surface area (Å²) in [6.45, 7) is 3.41. The van der Waals surface area contributed by atoms with Crippen molar-refractivity contribution in [1.82, 2.24) is 14.7 Å². The van der Waals surface area contributed by atoms with E-state index < -0.39 is 17.6 Å². The van der Waals surface area contributed by atoms with E-state index in [9.17, 15) is 19.1 Å². The third-order valence-electron chi connectivity index (χ3n) is 8.12. The van der Waals surface area contributed by atoms with Crippen LogP contribution in [0.25, 0.3) is 0 Å². The van der Waals surface area contributed by atoms with Gasteiger partial charge in [-0.2, -0.15) is 0 Å². The Labute approximate surface area is 212 Å². The van der Waals surface area contributed by atoms with Crippen LogP contribution in [0.3, 0.4) is 0 Å². The standard InChI is InChI=1S/C29H36FN3O3/c30-24-12-7-9-22(17-24)19-33-27(23-10-3-1-4-11-23)25(34)18-29(28(33)36)13-8-14-31(21-29)20-26(35)32-15-5-2-6-16-32/h1,3-4,7,9-12,17,25,27,34H,2,5-6,8,13-16,18-21H2/t25-,27+,29+/m1/s1. The highest BCUT2D eigenvalue weighted by atomic mass is 19.1. The quantitative estimate of drug-likeness (QED) is 0.689. The van der Waals surface area contributed by atoms with Gasteiger partial charge in [-0.05, 0) is 68.3 Å². The molecule has 2 amide bonds. The lowest BCUT2D eigenvalue weighted by molar-refractivity contribution is -0.167. The minimum Gasteiger partial charge on any atom is -0.391 e. The Morgan fingerprint density at radius 1 is 1.00 bits per heavy atom. The van der Waals surface area contributed by atoms with Gasteiger partial charge in [-0.1, -0.05) is 42.5 Å². The summed E-state index contributed by atoms with van der Waals surface area (Å²) >= 11 is 0. The summed E-state index contributed by atoms with van der Waals surface area (Å²) in [5.74, 6) is -0.223. The highest BCUT2D eigenvalue weighted by Gasteiger charge is 2.53. The van der Waals surface area contributed by atoms with Gasteiger partial charge in [0.1, 0.15) is 5.82 Å². The maximum atomic E-state index is 14.3. The van der Waals surface area contributed by atoms with Crippen molar-refractivity contribution in [3.63, 3.8) is 0 Å². The normalized spacial score (nSPS) is 27.4. The van der Waals surface area contributed by atoms with Crippen molar-refractivity contribution in [2.75, 3.05) is 32.7 Å². The van der Waals surface area contributed by atoms with Gasteiger partial charge in [0.2, 0.25) is 11.8 Å². The average molecular weight is 494 g/mol. The zero-order valence-electron chi connectivity index (χ0n) is 20.8. The molecule has 1 N–H and O–H groups in total. The largest absolute Gasteiger partial charge is 0.391 e. The van der Waals surface area contributed by atoms with E-state index in [1.807, 2.05) is 41.3 Å². The number of likely N-dealkylation sites (tertiary alicyclic amines) is 3. The number of carbonyl (C=O) groups is 2. The van der Waals surface area contributed by atoms with Crippen molar-refractivity contribution in [3.8, 4) is 0 Å². The molecule has 7 heteroatoms. The van der Waals surface area contributed by atoms with Gasteiger partial charge in [0.25, 0.3) is 0 Å². The van der Waals surface area contributed by atoms with Crippen molar-refractivity contribution in [1.29, 1.82) is 0 Å². The monoisotopic (exact) mass is 493 g/mol. The van der Waals surface area contributed by atoms with E-state index in [-0.39, 0.29) is 24.2 Å². The van der Waals surface area contributed by atoms with Gasteiger partial charge in [0, 0.05) is 26.2 Å². The number of amides is 2. The number of benzene rings is 2. The molecule has 0 aliphatic carbocycles. The molecule has 0 saturated carbocycles. The molecule has 0 unspecified atom stereocenters. The summed E-state index contributed by atoms with van der Waals surface area (Å²) in [6, 6.07) is 15.4. The molecule has 1 spiro atoms. The second kappa shape index (κ2) is 10.7. The van der Waals surface area contributed by atoms with Gasteiger partial charge < -0.3 is 14.9 Å². The minimum absolute atomic E-state index is 0.0129. The van der Waals surface area contributed by atoms with Crippen LogP contribution >= 0.6 is 0 Å². The SMILES string of the molecule is O=C(CN1CCC[C@]2(C[C@@H](O)[C@H](c3ccccc3)N(Cc3cccc(F)c3)C2=O)C1)N1CCCCC1. The second-order valence-corrected chi connectivity index (χ2v) is 10.7. The lowest BCUT2D eigenvalue weighted by Crippen LogP contribution is -2.61. The van der Waals surface area contributed by atoms with Crippen molar-refractivity contribution in [3.05, 3.63) is 71.5 Å². The molecule has 0 bridgehead atoms. The lowest BCUT2D eigenvalue weighted by Gasteiger charge is -2.52. The first-order valence-corrected chi connectivity index (χ1v) is 13.2. The van der Waals surface area contributed by atoms with Gasteiger partial charge >= 0.3 is 0 Å². The Hall–Kier alpha value is -2.77. The molecular formula is C29H36FN3O3. The van der Waals surface area contributed by atoms with Crippen LogP contribution in [-0.2, 0) is 16.1 Å². The molecule has 3 aliphatic rings. The molecule has 5 rings (SSSR count). The van der Waals surface area contributed by atoms with Crippen LogP contribution in [0.5, 0.6) is 0 Å². The fourth-order valence-corrected chi connectivity index (χ4v) is 6.43. The average Bonchev–Trinajstić information content (AvgIpc) is 2.88. The number of aliphatic hydroxyl groups excluding tert-OH is 1. The number of hydrogen-bond donors (Lipinski definition) is 1. The fraction of sp³-hybridized carbons (Fsp3) is 0.517. The number of piperidine rings is 3. The van der Waals surface area contributed by atoms with Crippen LogP contribution in [0, 0.1) is 11.2 Å². The summed E-state index contributed by atoms with van der Waals surface area (Å²) in [4.78, 5) is 33.0. The number of rotatable bonds is 5. The number of nitrogens with zero attached hydrogens (tertiary/aromatic N) is 3. The Kier molecular flexibility index (Phi) is 7.39. The van der Waals surface area contributed by atoms with Crippen LogP contribution < -0.4 is 0 Å². The van der Waals surface area contributed by atoms with Crippen molar-refractivity contribution < 1.29 is 19.1 Å². The molecule has 3 atom stereocenters. The number of hydrogen-bond acceptors (Lipinski definition) is 4. The minimum atomic E-state index is -0.753. The highest BCUT2D eigenvalue weighted by Crippen LogP contribution is 2.46. The van der Waals surface area contributed by atoms with Crippen LogP contribution in [0.15, 0.2) is 54.6 Å². The van der Waals surface area contributed by atoms with E-state index in [0.717, 1.165) is 44.5 Å². The zero-order valence-corrected chi connectivity index (χ0v) is 20.8. The van der Waals surface area contributed by atoms with Crippen molar-refractivity contribution >= 4 is 11.8 Å². The third kappa shape index (κ3) is 5.18. The van der Waals surface area contributed by atoms with Gasteiger partial charge in [0.05, 0.1) is 24.1 Å². The van der Waals surface area contributed by atoms with E-state index in [4.69, 9.17) is 0 Å². The Balaban J connectivity index is 1.40. The van der Waals surface area contributed by atoms with E-state index >= 15 is 0 Å². The molecule has 3 saturated heterocycles. The van der Waals surface area contributed by atoms with E-state index in [1.54, 1.807) is 11.0 Å². The molecule has 6 nitrogen and oxygen atoms in total. The number of carbonyl (C=O) groups excluding carboxylic acids is 2. The third-order valence-corrected chi connectivity index (χ3v) is 8.12. The first kappa shape index (κ1) is 24.9. The number of aliphatic hydroxyl groups is 1. The summed E-state index contributed by atoms with van der Waals surface area (Å²) in [7, 11) is 0. The smallest absolute Gasteiger partial charge is 0.236 e. The van der Waals surface area contributed by atoms with Gasteiger partial charge in [-0.3, -0.25) is 14.5 Å². The number of halogens is 1. The van der Waals surface area contributed by atoms with Gasteiger partial charge in [-0.25, -0.2) is 4.39 Å². The zero-order chi connectivity index (χ0) is 25.1. The summed E-state index contributed by atoms with van der Waals surface area (Å²) in [6.07, 6.45) is 4.36. The summed E-state index contributed by atoms with van der Waals surface area (Å²) in [5.41, 5.74) is 0.817. The van der Waals surface area contributed by atoms with Crippen LogP contribution in [0.2, 0.25) is 0 Å². The fourth-order valence-electron chi connectivity index (χ4n) is 6.43. The molecule has 192 valence electrons. The first-order valence-electron chi connectivity index (χ1n) is 13.2. The Morgan fingerprint density at radius 3 is 2.53 bits per heavy atom. The molecule has 2 aromatic carbocycles. The van der Waals surface area contributed by atoms with Crippen LogP contribution in [-0.4, -0.2) is 70.4 Å². The van der Waals surface area contributed by atoms with Crippen LogP contribution in [0.1, 0.15) is 55.7 Å². The molecule has 0 radical (unpaired) electrons. The van der Waals surface area contributed by atoms with Gasteiger partial charge in [0.15, 0.2) is 0 Å². The first-order chi connectivity index (χ1) is 17.4. The predicted molar refractivity (Wildman–Crippen MR) is 135 cm³/mol. The maximum absolute atomic E-state index is 14.3.